The van der Waals surface area contributed by atoms with Crippen LogP contribution in [0.25, 0.3) is 5.78 Å². The van der Waals surface area contributed by atoms with Crippen molar-refractivity contribution in [3.05, 3.63) is 52.3 Å². The number of aromatic nitrogens is 4. The maximum absolute atomic E-state index is 13.4. The number of ether oxygens (including phenoxy) is 3. The molecule has 0 radical (unpaired) electrons. The number of hydrogen-bond acceptors (Lipinski definition) is 7. The number of carbonyl (C=O) groups excluding carboxylic acids is 1. The van der Waals surface area contributed by atoms with Gasteiger partial charge in [-0.2, -0.15) is 4.98 Å². The van der Waals surface area contributed by atoms with E-state index in [0.717, 1.165) is 37.8 Å². The molecule has 36 heavy (non-hydrogen) atoms. The number of methoxy groups -OCH3 is 1. The predicted octanol–water partition coefficient (Wildman–Crippen LogP) is 3.10. The number of anilines is 1. The van der Waals surface area contributed by atoms with E-state index >= 15 is 0 Å². The Kier molecular flexibility index (Phi) is 5.42. The number of fused-ring (bicyclic) bond motifs is 3. The first kappa shape index (κ1) is 23.2. The highest BCUT2D eigenvalue weighted by atomic mass is 16.5. The minimum Gasteiger partial charge on any atom is -0.474 e. The molecule has 4 heterocycles. The number of carbonyl (C=O) groups is 1. The van der Waals surface area contributed by atoms with Crippen LogP contribution < -0.4 is 15.6 Å². The van der Waals surface area contributed by atoms with E-state index in [2.05, 4.69) is 10.3 Å². The van der Waals surface area contributed by atoms with Gasteiger partial charge in [0, 0.05) is 37.2 Å². The molecule has 1 N–H and O–H groups in total. The Labute approximate surface area is 208 Å². The smallest absolute Gasteiger partial charge is 0.274 e. The first-order chi connectivity index (χ1) is 17.3. The van der Waals surface area contributed by atoms with Gasteiger partial charge in [-0.3, -0.25) is 14.0 Å². The van der Waals surface area contributed by atoms with Crippen molar-refractivity contribution in [2.24, 2.45) is 0 Å². The van der Waals surface area contributed by atoms with Crippen LogP contribution in [0.3, 0.4) is 0 Å². The van der Waals surface area contributed by atoms with Gasteiger partial charge in [0.15, 0.2) is 0 Å². The Balaban J connectivity index is 1.34. The lowest BCUT2D eigenvalue weighted by molar-refractivity contribution is -0.0659. The number of imidazole rings is 1. The zero-order chi connectivity index (χ0) is 25.1. The number of nitrogens with zero attached hydrogens (tertiary/aromatic N) is 4. The first-order valence-electron chi connectivity index (χ1n) is 12.5. The van der Waals surface area contributed by atoms with E-state index in [1.165, 1.54) is 0 Å². The van der Waals surface area contributed by atoms with Gasteiger partial charge in [-0.25, -0.2) is 4.98 Å². The van der Waals surface area contributed by atoms with Crippen molar-refractivity contribution in [1.82, 2.24) is 18.9 Å². The third-order valence-corrected chi connectivity index (χ3v) is 7.49. The minimum atomic E-state index is -0.455. The van der Waals surface area contributed by atoms with Crippen LogP contribution in [0.15, 0.2) is 35.5 Å². The topological polar surface area (TPSA) is 109 Å². The average molecular weight is 494 g/mol. The van der Waals surface area contributed by atoms with E-state index in [4.69, 9.17) is 19.2 Å². The molecule has 2 atom stereocenters. The van der Waals surface area contributed by atoms with Crippen molar-refractivity contribution < 1.29 is 19.0 Å². The van der Waals surface area contributed by atoms with E-state index in [1.807, 2.05) is 20.0 Å². The van der Waals surface area contributed by atoms with Crippen molar-refractivity contribution in [2.75, 3.05) is 25.6 Å². The summed E-state index contributed by atoms with van der Waals surface area (Å²) < 4.78 is 20.9. The molecule has 3 aromatic heterocycles. The van der Waals surface area contributed by atoms with Gasteiger partial charge in [-0.05, 0) is 58.1 Å². The summed E-state index contributed by atoms with van der Waals surface area (Å²) in [6.45, 7) is 4.90. The van der Waals surface area contributed by atoms with Crippen LogP contribution in [-0.2, 0) is 14.9 Å². The summed E-state index contributed by atoms with van der Waals surface area (Å²) in [7, 11) is 1.70. The van der Waals surface area contributed by atoms with E-state index in [-0.39, 0.29) is 45.9 Å². The minimum absolute atomic E-state index is 0.186. The molecule has 0 spiro atoms. The van der Waals surface area contributed by atoms with Crippen LogP contribution in [0.1, 0.15) is 68.0 Å². The van der Waals surface area contributed by atoms with Crippen LogP contribution in [0.5, 0.6) is 5.88 Å². The number of pyridine rings is 1. The normalized spacial score (nSPS) is 25.1. The zero-order valence-corrected chi connectivity index (χ0v) is 20.8. The molecule has 190 valence electrons. The van der Waals surface area contributed by atoms with Gasteiger partial charge >= 0.3 is 0 Å². The maximum atomic E-state index is 13.4. The van der Waals surface area contributed by atoms with Gasteiger partial charge in [0.25, 0.3) is 11.5 Å². The van der Waals surface area contributed by atoms with Crippen LogP contribution in [-0.4, -0.2) is 56.9 Å². The Morgan fingerprint density at radius 1 is 1.28 bits per heavy atom. The molecule has 10 heteroatoms. The fourth-order valence-corrected chi connectivity index (χ4v) is 5.59. The summed E-state index contributed by atoms with van der Waals surface area (Å²) >= 11 is 0. The molecule has 3 aliphatic rings. The molecule has 3 fully saturated rings. The van der Waals surface area contributed by atoms with Crippen molar-refractivity contribution in [2.45, 2.75) is 69.1 Å². The van der Waals surface area contributed by atoms with Crippen molar-refractivity contribution in [3.63, 3.8) is 0 Å². The second-order valence-corrected chi connectivity index (χ2v) is 10.6. The lowest BCUT2D eigenvalue weighted by atomic mass is 9.84. The highest BCUT2D eigenvalue weighted by molar-refractivity contribution is 6.05. The lowest BCUT2D eigenvalue weighted by Crippen LogP contribution is -2.32. The van der Waals surface area contributed by atoms with Crippen LogP contribution in [0, 0.1) is 0 Å². The van der Waals surface area contributed by atoms with E-state index < -0.39 is 5.91 Å². The van der Waals surface area contributed by atoms with E-state index in [9.17, 15) is 9.59 Å². The fourth-order valence-electron chi connectivity index (χ4n) is 5.59. The molecule has 10 nitrogen and oxygen atoms in total. The molecule has 0 unspecified atom stereocenters. The van der Waals surface area contributed by atoms with E-state index in [1.54, 1.807) is 40.6 Å². The van der Waals surface area contributed by atoms with Crippen molar-refractivity contribution in [3.8, 4) is 5.88 Å². The van der Waals surface area contributed by atoms with Gasteiger partial charge < -0.3 is 24.1 Å². The molecule has 2 aliphatic carbocycles. The number of nitrogens with one attached hydrogen (secondary N) is 1. The second kappa shape index (κ2) is 8.41. The summed E-state index contributed by atoms with van der Waals surface area (Å²) in [5.74, 6) is 0.188. The highest BCUT2D eigenvalue weighted by Gasteiger charge is 2.57. The SMILES string of the molecule is COC[C@@]12CC[C@@](c3cn4cc(C(=O)Nc5cccn(C6CC6)c5=O)c(OC(C)C)nc4n3)(CO1)C2. The van der Waals surface area contributed by atoms with Gasteiger partial charge in [0.1, 0.15) is 11.3 Å². The summed E-state index contributed by atoms with van der Waals surface area (Å²) in [4.78, 5) is 35.6. The number of rotatable bonds is 8. The van der Waals surface area contributed by atoms with Crippen LogP contribution in [0.2, 0.25) is 0 Å². The monoisotopic (exact) mass is 493 g/mol. The first-order valence-corrected chi connectivity index (χ1v) is 12.5. The predicted molar refractivity (Wildman–Crippen MR) is 132 cm³/mol. The Bertz CT molecular complexity index is 1380. The van der Waals surface area contributed by atoms with Crippen LogP contribution in [0.4, 0.5) is 5.69 Å². The number of amides is 1. The Morgan fingerprint density at radius 3 is 2.81 bits per heavy atom. The summed E-state index contributed by atoms with van der Waals surface area (Å²) in [6.07, 6.45) is 9.87. The summed E-state index contributed by atoms with van der Waals surface area (Å²) in [6, 6.07) is 3.61. The summed E-state index contributed by atoms with van der Waals surface area (Å²) in [5, 5.41) is 2.77. The number of hydrogen-bond donors (Lipinski definition) is 1. The molecule has 1 amide bonds. The van der Waals surface area contributed by atoms with E-state index in [0.29, 0.717) is 19.0 Å². The highest BCUT2D eigenvalue weighted by Crippen LogP contribution is 2.54. The average Bonchev–Trinajstić information content (AvgIpc) is 3.34. The quantitative estimate of drug-likeness (QED) is 0.514. The molecule has 2 saturated carbocycles. The standard InChI is InChI=1S/C26H31N5O5/c1-16(2)36-22-18(21(32)27-19-5-4-10-31(23(19)33)17-6-7-17)11-30-12-20(28-24(30)29-22)25-8-9-26(13-25,15-34-3)35-14-25/h4-5,10-12,16-17H,6-9,13-15H2,1-3H3,(H,27,32)/t25-,26-/m0/s1. The zero-order valence-electron chi connectivity index (χ0n) is 20.8. The largest absolute Gasteiger partial charge is 0.474 e. The molecular formula is C26H31N5O5. The van der Waals surface area contributed by atoms with Gasteiger partial charge in [-0.15, -0.1) is 0 Å². The molecule has 1 aliphatic heterocycles. The Hall–Kier alpha value is -3.24. The van der Waals surface area contributed by atoms with Crippen molar-refractivity contribution in [1.29, 1.82) is 0 Å². The van der Waals surface area contributed by atoms with Crippen LogP contribution >= 0.6 is 0 Å². The maximum Gasteiger partial charge on any atom is 0.274 e. The molecule has 2 bridgehead atoms. The molecule has 0 aromatic carbocycles. The van der Waals surface area contributed by atoms with Gasteiger partial charge in [0.2, 0.25) is 11.7 Å². The molecule has 3 aromatic rings. The van der Waals surface area contributed by atoms with Gasteiger partial charge in [-0.1, -0.05) is 0 Å². The van der Waals surface area contributed by atoms with Gasteiger partial charge in [0.05, 0.1) is 30.6 Å². The molecule has 6 rings (SSSR count). The third kappa shape index (κ3) is 3.88. The molecular weight excluding hydrogens is 462 g/mol. The fraction of sp³-hybridized carbons (Fsp3) is 0.538. The lowest BCUT2D eigenvalue weighted by Gasteiger charge is -2.27. The Morgan fingerprint density at radius 2 is 2.11 bits per heavy atom. The third-order valence-electron chi connectivity index (χ3n) is 7.49. The second-order valence-electron chi connectivity index (χ2n) is 10.6. The van der Waals surface area contributed by atoms with Crippen molar-refractivity contribution >= 4 is 17.4 Å². The molecule has 1 saturated heterocycles. The summed E-state index contributed by atoms with van der Waals surface area (Å²) in [5.41, 5.74) is 0.720.